The van der Waals surface area contributed by atoms with Gasteiger partial charge in [-0.2, -0.15) is 8.42 Å². The summed E-state index contributed by atoms with van der Waals surface area (Å²) in [5, 5.41) is 3.30. The Bertz CT molecular complexity index is 805. The first-order valence-corrected chi connectivity index (χ1v) is 9.22. The highest BCUT2D eigenvalue weighted by atomic mass is 32.2. The third-order valence-corrected chi connectivity index (χ3v) is 4.72. The Balaban J connectivity index is 2.23. The van der Waals surface area contributed by atoms with Gasteiger partial charge in [-0.05, 0) is 31.2 Å². The van der Waals surface area contributed by atoms with Gasteiger partial charge in [-0.25, -0.2) is 4.79 Å². The fourth-order valence-electron chi connectivity index (χ4n) is 1.60. The summed E-state index contributed by atoms with van der Waals surface area (Å²) < 4.78 is 33.7. The molecule has 0 spiro atoms. The van der Waals surface area contributed by atoms with E-state index in [1.54, 1.807) is 49.4 Å². The minimum absolute atomic E-state index is 0.0540. The molecule has 2 aromatic rings. The van der Waals surface area contributed by atoms with Gasteiger partial charge in [0.2, 0.25) is 5.04 Å². The normalized spacial score (nSPS) is 11.8. The summed E-state index contributed by atoms with van der Waals surface area (Å²) in [4.78, 5) is 12.6. The largest absolute Gasteiger partial charge is 0.461 e. The molecule has 0 N–H and O–H groups in total. The van der Waals surface area contributed by atoms with Gasteiger partial charge in [-0.15, -0.1) is 0 Å². The summed E-state index contributed by atoms with van der Waals surface area (Å²) in [7, 11) is -4.10. The number of thioether (sulfide) groups is 1. The van der Waals surface area contributed by atoms with Crippen LogP contribution in [0, 0.1) is 0 Å². The topological polar surface area (TPSA) is 82.0 Å². The molecule has 126 valence electrons. The molecule has 0 aromatic heterocycles. The molecular formula is C16H15NO5S2. The van der Waals surface area contributed by atoms with Crippen molar-refractivity contribution < 1.29 is 22.2 Å². The third-order valence-electron chi connectivity index (χ3n) is 2.66. The number of oxime groups is 1. The Labute approximate surface area is 144 Å². The van der Waals surface area contributed by atoms with Crippen LogP contribution in [-0.4, -0.2) is 26.0 Å². The molecule has 2 aromatic carbocycles. The standard InChI is InChI=1S/C16H15NO5S2/c1-2-21-16(18)15(23-13-9-5-3-6-10-13)17-22-24(19,20)14-11-7-4-8-12-14/h3-12H,2H2,1H3. The van der Waals surface area contributed by atoms with Gasteiger partial charge in [0.05, 0.1) is 6.61 Å². The molecule has 0 heterocycles. The van der Waals surface area contributed by atoms with E-state index in [2.05, 4.69) is 9.44 Å². The molecule has 0 bridgehead atoms. The lowest BCUT2D eigenvalue weighted by atomic mass is 10.4. The van der Waals surface area contributed by atoms with Gasteiger partial charge >= 0.3 is 16.1 Å². The van der Waals surface area contributed by atoms with Crippen molar-refractivity contribution in [2.45, 2.75) is 16.7 Å². The van der Waals surface area contributed by atoms with Crippen LogP contribution in [0.4, 0.5) is 0 Å². The van der Waals surface area contributed by atoms with E-state index in [0.717, 1.165) is 11.8 Å². The van der Waals surface area contributed by atoms with Gasteiger partial charge in [0.25, 0.3) is 0 Å². The van der Waals surface area contributed by atoms with E-state index >= 15 is 0 Å². The number of carbonyl (C=O) groups excluding carboxylic acids is 1. The second-order valence-corrected chi connectivity index (χ2v) is 6.96. The van der Waals surface area contributed by atoms with Crippen molar-refractivity contribution in [2.24, 2.45) is 5.16 Å². The molecule has 0 aliphatic heterocycles. The smallest absolute Gasteiger partial charge is 0.367 e. The number of benzene rings is 2. The van der Waals surface area contributed by atoms with E-state index in [9.17, 15) is 13.2 Å². The number of rotatable bonds is 5. The highest BCUT2D eigenvalue weighted by molar-refractivity contribution is 8.15. The number of hydrogen-bond donors (Lipinski definition) is 0. The molecule has 0 atom stereocenters. The Morgan fingerprint density at radius 2 is 1.62 bits per heavy atom. The fourth-order valence-corrected chi connectivity index (χ4v) is 3.13. The first kappa shape index (κ1) is 18.0. The van der Waals surface area contributed by atoms with Crippen LogP contribution in [0.3, 0.4) is 0 Å². The molecule has 0 saturated carbocycles. The second kappa shape index (κ2) is 8.51. The maximum absolute atomic E-state index is 12.1. The molecule has 0 saturated heterocycles. The predicted octanol–water partition coefficient (Wildman–Crippen LogP) is 3.06. The zero-order chi connectivity index (χ0) is 17.4. The second-order valence-electron chi connectivity index (χ2n) is 4.37. The number of ether oxygens (including phenoxy) is 1. The van der Waals surface area contributed by atoms with Crippen molar-refractivity contribution in [1.29, 1.82) is 0 Å². The van der Waals surface area contributed by atoms with Crippen molar-refractivity contribution in [3.63, 3.8) is 0 Å². The molecule has 0 unspecified atom stereocenters. The van der Waals surface area contributed by atoms with E-state index in [1.165, 1.54) is 12.1 Å². The summed E-state index contributed by atoms with van der Waals surface area (Å²) >= 11 is 0.959. The summed E-state index contributed by atoms with van der Waals surface area (Å²) in [6, 6.07) is 16.4. The molecule has 0 radical (unpaired) electrons. The molecule has 24 heavy (non-hydrogen) atoms. The molecular weight excluding hydrogens is 350 g/mol. The molecule has 6 nitrogen and oxygen atoms in total. The monoisotopic (exact) mass is 365 g/mol. The first-order chi connectivity index (χ1) is 11.5. The van der Waals surface area contributed by atoms with Crippen LogP contribution in [0.2, 0.25) is 0 Å². The molecule has 0 aliphatic carbocycles. The van der Waals surface area contributed by atoms with Crippen LogP contribution < -0.4 is 0 Å². The SMILES string of the molecule is CCOC(=O)C(=NOS(=O)(=O)c1ccccc1)Sc1ccccc1. The van der Waals surface area contributed by atoms with E-state index in [0.29, 0.717) is 4.90 Å². The van der Waals surface area contributed by atoms with Gasteiger partial charge in [0.15, 0.2) is 0 Å². The Hall–Kier alpha value is -2.32. The van der Waals surface area contributed by atoms with Crippen molar-refractivity contribution in [3.05, 3.63) is 60.7 Å². The highest BCUT2D eigenvalue weighted by Crippen LogP contribution is 2.21. The molecule has 0 aliphatic rings. The van der Waals surface area contributed by atoms with E-state index in [1.807, 2.05) is 6.07 Å². The lowest BCUT2D eigenvalue weighted by Crippen LogP contribution is -2.16. The lowest BCUT2D eigenvalue weighted by Gasteiger charge is -2.06. The predicted molar refractivity (Wildman–Crippen MR) is 91.1 cm³/mol. The average Bonchev–Trinajstić information content (AvgIpc) is 2.60. The van der Waals surface area contributed by atoms with E-state index in [4.69, 9.17) is 4.74 Å². The number of esters is 1. The van der Waals surface area contributed by atoms with Crippen molar-refractivity contribution in [1.82, 2.24) is 0 Å². The lowest BCUT2D eigenvalue weighted by molar-refractivity contribution is -0.134. The Morgan fingerprint density at radius 3 is 2.21 bits per heavy atom. The maximum atomic E-state index is 12.1. The zero-order valence-electron chi connectivity index (χ0n) is 12.8. The summed E-state index contributed by atoms with van der Waals surface area (Å²) in [6.07, 6.45) is 0. The molecule has 2 rings (SSSR count). The van der Waals surface area contributed by atoms with Crippen LogP contribution in [0.5, 0.6) is 0 Å². The van der Waals surface area contributed by atoms with Crippen LogP contribution in [0.25, 0.3) is 0 Å². The number of carbonyl (C=O) groups is 1. The van der Waals surface area contributed by atoms with Gasteiger partial charge < -0.3 is 4.74 Å². The molecule has 8 heteroatoms. The third kappa shape index (κ3) is 5.10. The van der Waals surface area contributed by atoms with E-state index in [-0.39, 0.29) is 16.5 Å². The van der Waals surface area contributed by atoms with E-state index < -0.39 is 16.1 Å². The summed E-state index contributed by atoms with van der Waals surface area (Å²) in [5.74, 6) is -0.755. The molecule has 0 amide bonds. The van der Waals surface area contributed by atoms with Gasteiger partial charge in [-0.3, -0.25) is 4.28 Å². The van der Waals surface area contributed by atoms with Crippen molar-refractivity contribution in [3.8, 4) is 0 Å². The summed E-state index contributed by atoms with van der Waals surface area (Å²) in [5.41, 5.74) is 0. The highest BCUT2D eigenvalue weighted by Gasteiger charge is 2.20. The quantitative estimate of drug-likeness (QED) is 0.266. The first-order valence-electron chi connectivity index (χ1n) is 6.99. The van der Waals surface area contributed by atoms with Crippen molar-refractivity contribution >= 4 is 32.9 Å². The van der Waals surface area contributed by atoms with Crippen LogP contribution in [0.1, 0.15) is 6.92 Å². The average molecular weight is 365 g/mol. The van der Waals surface area contributed by atoms with Gasteiger partial charge in [0.1, 0.15) is 4.90 Å². The molecule has 0 fully saturated rings. The van der Waals surface area contributed by atoms with Crippen LogP contribution in [-0.2, 0) is 23.9 Å². The van der Waals surface area contributed by atoms with Crippen molar-refractivity contribution in [2.75, 3.05) is 6.61 Å². The minimum atomic E-state index is -4.10. The summed E-state index contributed by atoms with van der Waals surface area (Å²) in [6.45, 7) is 1.78. The van der Waals surface area contributed by atoms with Crippen LogP contribution in [0.15, 0.2) is 75.6 Å². The minimum Gasteiger partial charge on any atom is -0.461 e. The number of nitrogens with zero attached hydrogens (tertiary/aromatic N) is 1. The van der Waals surface area contributed by atoms with Gasteiger partial charge in [-0.1, -0.05) is 53.3 Å². The van der Waals surface area contributed by atoms with Crippen LogP contribution >= 0.6 is 11.8 Å². The fraction of sp³-hybridized carbons (Fsp3) is 0.125. The van der Waals surface area contributed by atoms with Gasteiger partial charge in [0, 0.05) is 4.90 Å². The number of hydrogen-bond acceptors (Lipinski definition) is 7. The Kier molecular flexibility index (Phi) is 6.39. The maximum Gasteiger partial charge on any atom is 0.367 e. The zero-order valence-corrected chi connectivity index (χ0v) is 14.4. The Morgan fingerprint density at radius 1 is 1.04 bits per heavy atom.